The third kappa shape index (κ3) is 1.94. The lowest BCUT2D eigenvalue weighted by molar-refractivity contribution is 0.713. The van der Waals surface area contributed by atoms with E-state index in [0.717, 1.165) is 12.8 Å². The Balaban J connectivity index is 2.35. The Morgan fingerprint density at radius 3 is 2.93 bits per heavy atom. The zero-order chi connectivity index (χ0) is 10.7. The minimum absolute atomic E-state index is 0.616. The van der Waals surface area contributed by atoms with Gasteiger partial charge in [0.1, 0.15) is 0 Å². The summed E-state index contributed by atoms with van der Waals surface area (Å²) in [4.78, 5) is 0. The van der Waals surface area contributed by atoms with Crippen molar-refractivity contribution < 1.29 is 4.39 Å². The van der Waals surface area contributed by atoms with Gasteiger partial charge in [0.05, 0.1) is 6.33 Å². The number of hydrogen-bond acceptors (Lipinski definition) is 0. The van der Waals surface area contributed by atoms with Crippen LogP contribution >= 0.6 is 0 Å². The van der Waals surface area contributed by atoms with Crippen molar-refractivity contribution in [1.29, 1.82) is 0 Å². The summed E-state index contributed by atoms with van der Waals surface area (Å²) < 4.78 is 13.9. The number of para-hydroxylation sites is 1. The number of allylic oxidation sites excluding steroid dienone is 1. The van der Waals surface area contributed by atoms with E-state index in [1.54, 1.807) is 6.08 Å². The minimum atomic E-state index is 0.616. The summed E-state index contributed by atoms with van der Waals surface area (Å²) >= 11 is 0. The van der Waals surface area contributed by atoms with E-state index < -0.39 is 0 Å². The van der Waals surface area contributed by atoms with E-state index in [-0.39, 0.29) is 0 Å². The lowest BCUT2D eigenvalue weighted by atomic mass is 10.1. The van der Waals surface area contributed by atoms with E-state index in [2.05, 4.69) is 22.9 Å². The molecule has 2 rings (SSSR count). The molecule has 1 heterocycles. The minimum Gasteiger partial charge on any atom is -0.350 e. The average molecular weight is 203 g/mol. The molecule has 1 nitrogen and oxygen atoms in total. The fraction of sp³-hybridized carbons (Fsp3) is 0.231. The topological polar surface area (TPSA) is 4.93 Å². The quantitative estimate of drug-likeness (QED) is 0.718. The Kier molecular flexibility index (Phi) is 2.86. The molecule has 0 amide bonds. The number of rotatable bonds is 3. The van der Waals surface area contributed by atoms with E-state index in [9.17, 15) is 4.39 Å². The van der Waals surface area contributed by atoms with Crippen LogP contribution in [0.2, 0.25) is 0 Å². The van der Waals surface area contributed by atoms with Crippen molar-refractivity contribution in [2.75, 3.05) is 0 Å². The summed E-state index contributed by atoms with van der Waals surface area (Å²) in [6.45, 7) is 0. The summed E-state index contributed by atoms with van der Waals surface area (Å²) in [6, 6.07) is 8.29. The van der Waals surface area contributed by atoms with E-state index in [4.69, 9.17) is 0 Å². The fourth-order valence-electron chi connectivity index (χ4n) is 1.93. The van der Waals surface area contributed by atoms with Gasteiger partial charge < -0.3 is 4.57 Å². The SMILES string of the molecule is Cn1cc(CC/C=C\F)c2ccccc21. The first-order chi connectivity index (χ1) is 7.33. The van der Waals surface area contributed by atoms with Crippen LogP contribution in [0.25, 0.3) is 10.9 Å². The molecule has 0 aliphatic carbocycles. The summed E-state index contributed by atoms with van der Waals surface area (Å²) in [5.74, 6) is 0. The van der Waals surface area contributed by atoms with Crippen LogP contribution in [0, 0.1) is 0 Å². The number of hydrogen-bond donors (Lipinski definition) is 0. The van der Waals surface area contributed by atoms with Gasteiger partial charge in [0, 0.05) is 24.1 Å². The normalized spacial score (nSPS) is 11.6. The molecule has 0 N–H and O–H groups in total. The summed E-state index contributed by atoms with van der Waals surface area (Å²) in [5.41, 5.74) is 2.52. The van der Waals surface area contributed by atoms with Crippen molar-refractivity contribution >= 4 is 10.9 Å². The molecule has 2 aromatic rings. The molecular formula is C13H14FN. The smallest absolute Gasteiger partial charge is 0.0827 e. The highest BCUT2D eigenvalue weighted by atomic mass is 19.1. The lowest BCUT2D eigenvalue weighted by Gasteiger charge is -1.94. The molecule has 1 aromatic carbocycles. The van der Waals surface area contributed by atoms with Crippen LogP contribution in [0.1, 0.15) is 12.0 Å². The summed E-state index contributed by atoms with van der Waals surface area (Å²) in [6.07, 6.45) is 5.94. The first-order valence-electron chi connectivity index (χ1n) is 5.11. The molecule has 0 fully saturated rings. The van der Waals surface area contributed by atoms with Gasteiger partial charge in [-0.2, -0.15) is 0 Å². The Labute approximate surface area is 88.8 Å². The van der Waals surface area contributed by atoms with Crippen LogP contribution in [-0.4, -0.2) is 4.57 Å². The first-order valence-corrected chi connectivity index (χ1v) is 5.11. The highest BCUT2D eigenvalue weighted by molar-refractivity contribution is 5.83. The Morgan fingerprint density at radius 2 is 2.13 bits per heavy atom. The molecule has 0 aliphatic heterocycles. The van der Waals surface area contributed by atoms with E-state index in [0.29, 0.717) is 6.33 Å². The maximum Gasteiger partial charge on any atom is 0.0827 e. The number of halogens is 1. The number of nitrogens with zero attached hydrogens (tertiary/aromatic N) is 1. The second kappa shape index (κ2) is 4.30. The maximum atomic E-state index is 11.8. The van der Waals surface area contributed by atoms with E-state index in [1.807, 2.05) is 19.2 Å². The van der Waals surface area contributed by atoms with Gasteiger partial charge in [0.15, 0.2) is 0 Å². The van der Waals surface area contributed by atoms with Gasteiger partial charge >= 0.3 is 0 Å². The highest BCUT2D eigenvalue weighted by Crippen LogP contribution is 2.21. The Hall–Kier alpha value is -1.57. The second-order valence-corrected chi connectivity index (χ2v) is 3.68. The van der Waals surface area contributed by atoms with Crippen LogP contribution < -0.4 is 0 Å². The summed E-state index contributed by atoms with van der Waals surface area (Å²) in [5, 5.41) is 1.27. The molecule has 0 atom stereocenters. The Morgan fingerprint density at radius 1 is 1.33 bits per heavy atom. The molecule has 15 heavy (non-hydrogen) atoms. The fourth-order valence-corrected chi connectivity index (χ4v) is 1.93. The molecule has 0 saturated heterocycles. The van der Waals surface area contributed by atoms with Gasteiger partial charge in [-0.15, -0.1) is 0 Å². The van der Waals surface area contributed by atoms with Crippen molar-refractivity contribution in [2.45, 2.75) is 12.8 Å². The standard InChI is InChI=1S/C13H14FN/c1-15-10-11(6-4-5-9-14)12-7-2-3-8-13(12)15/h2-3,5,7-10H,4,6H2,1H3/b9-5-. The lowest BCUT2D eigenvalue weighted by Crippen LogP contribution is -1.82. The molecule has 0 unspecified atom stereocenters. The number of benzene rings is 1. The van der Waals surface area contributed by atoms with Crippen molar-refractivity contribution in [3.8, 4) is 0 Å². The van der Waals surface area contributed by atoms with E-state index in [1.165, 1.54) is 16.5 Å². The van der Waals surface area contributed by atoms with Crippen LogP contribution in [0.3, 0.4) is 0 Å². The molecule has 78 valence electrons. The first kappa shape index (κ1) is 9.97. The van der Waals surface area contributed by atoms with Gasteiger partial charge in [0.25, 0.3) is 0 Å². The maximum absolute atomic E-state index is 11.8. The third-order valence-corrected chi connectivity index (χ3v) is 2.65. The zero-order valence-electron chi connectivity index (χ0n) is 8.78. The van der Waals surface area contributed by atoms with Crippen molar-refractivity contribution in [2.24, 2.45) is 7.05 Å². The van der Waals surface area contributed by atoms with Crippen LogP contribution in [0.15, 0.2) is 42.9 Å². The number of aryl methyl sites for hydroxylation is 2. The molecule has 0 aliphatic rings. The second-order valence-electron chi connectivity index (χ2n) is 3.68. The average Bonchev–Trinajstić information content (AvgIpc) is 2.58. The molecule has 1 aromatic heterocycles. The zero-order valence-corrected chi connectivity index (χ0v) is 8.78. The highest BCUT2D eigenvalue weighted by Gasteiger charge is 2.03. The predicted molar refractivity (Wildman–Crippen MR) is 61.5 cm³/mol. The molecule has 0 spiro atoms. The van der Waals surface area contributed by atoms with Crippen LogP contribution in [-0.2, 0) is 13.5 Å². The van der Waals surface area contributed by atoms with Crippen molar-refractivity contribution in [3.63, 3.8) is 0 Å². The molecule has 0 saturated carbocycles. The number of aromatic nitrogens is 1. The van der Waals surface area contributed by atoms with Gasteiger partial charge in [0.2, 0.25) is 0 Å². The Bertz CT molecular complexity index is 482. The van der Waals surface area contributed by atoms with Crippen LogP contribution in [0.4, 0.5) is 4.39 Å². The van der Waals surface area contributed by atoms with E-state index >= 15 is 0 Å². The summed E-state index contributed by atoms with van der Waals surface area (Å²) in [7, 11) is 2.04. The van der Waals surface area contributed by atoms with Crippen molar-refractivity contribution in [3.05, 3.63) is 48.4 Å². The van der Waals surface area contributed by atoms with Gasteiger partial charge in [-0.25, -0.2) is 4.39 Å². The van der Waals surface area contributed by atoms with Crippen LogP contribution in [0.5, 0.6) is 0 Å². The predicted octanol–water partition coefficient (Wildman–Crippen LogP) is 3.59. The van der Waals surface area contributed by atoms with Gasteiger partial charge in [-0.05, 0) is 24.5 Å². The monoisotopic (exact) mass is 203 g/mol. The van der Waals surface area contributed by atoms with Crippen molar-refractivity contribution in [1.82, 2.24) is 4.57 Å². The number of fused-ring (bicyclic) bond motifs is 1. The largest absolute Gasteiger partial charge is 0.350 e. The molecule has 0 radical (unpaired) electrons. The molecular weight excluding hydrogens is 189 g/mol. The third-order valence-electron chi connectivity index (χ3n) is 2.65. The molecule has 2 heteroatoms. The molecule has 0 bridgehead atoms. The van der Waals surface area contributed by atoms with Gasteiger partial charge in [-0.3, -0.25) is 0 Å². The van der Waals surface area contributed by atoms with Gasteiger partial charge in [-0.1, -0.05) is 24.3 Å².